The standard InChI is InChI=1S/C35H51NO3/c1-3-4-5-6-7-8-9-10-11-12-13-14-15-16-17-18-19-34(38)31-22-24-32(25-23-31)36-35(39)29(2)28-30-20-26-33(37)27-21-30/h20-28,37H,3-19H2,1-2H3,(H,36,39)/b29-28+. The van der Waals surface area contributed by atoms with E-state index in [0.29, 0.717) is 23.2 Å². The summed E-state index contributed by atoms with van der Waals surface area (Å²) < 4.78 is 0. The number of carbonyl (C=O) groups is 2. The molecule has 1 amide bonds. The molecule has 0 saturated heterocycles. The van der Waals surface area contributed by atoms with Gasteiger partial charge in [-0.1, -0.05) is 115 Å². The Bertz CT molecular complexity index is 976. The molecule has 0 spiro atoms. The fraction of sp³-hybridized carbons (Fsp3) is 0.543. The molecule has 2 aromatic rings. The Morgan fingerprint density at radius 2 is 1.13 bits per heavy atom. The average molecular weight is 534 g/mol. The van der Waals surface area contributed by atoms with E-state index in [0.717, 1.165) is 18.4 Å². The summed E-state index contributed by atoms with van der Waals surface area (Å²) in [5, 5.41) is 12.3. The zero-order valence-electron chi connectivity index (χ0n) is 24.5. The summed E-state index contributed by atoms with van der Waals surface area (Å²) >= 11 is 0. The molecule has 0 saturated carbocycles. The van der Waals surface area contributed by atoms with Gasteiger partial charge in [-0.3, -0.25) is 9.59 Å². The summed E-state index contributed by atoms with van der Waals surface area (Å²) in [6.45, 7) is 4.02. The van der Waals surface area contributed by atoms with E-state index in [1.54, 1.807) is 61.5 Å². The van der Waals surface area contributed by atoms with E-state index < -0.39 is 0 Å². The first-order valence-electron chi connectivity index (χ1n) is 15.4. The number of nitrogens with one attached hydrogen (secondary N) is 1. The number of amides is 1. The van der Waals surface area contributed by atoms with Gasteiger partial charge in [0.2, 0.25) is 0 Å². The summed E-state index contributed by atoms with van der Waals surface area (Å²) in [6.07, 6.45) is 23.6. The molecule has 0 aliphatic carbocycles. The van der Waals surface area contributed by atoms with Gasteiger partial charge in [0, 0.05) is 23.2 Å². The Morgan fingerprint density at radius 1 is 0.667 bits per heavy atom. The maximum absolute atomic E-state index is 12.5. The predicted molar refractivity (Wildman–Crippen MR) is 165 cm³/mol. The Hall–Kier alpha value is -2.88. The monoisotopic (exact) mass is 533 g/mol. The zero-order chi connectivity index (χ0) is 28.1. The number of anilines is 1. The van der Waals surface area contributed by atoms with Crippen LogP contribution in [-0.2, 0) is 4.79 Å². The Kier molecular flexibility index (Phi) is 16.6. The van der Waals surface area contributed by atoms with E-state index in [2.05, 4.69) is 12.2 Å². The van der Waals surface area contributed by atoms with E-state index in [9.17, 15) is 14.7 Å². The number of unbranched alkanes of at least 4 members (excludes halogenated alkanes) is 15. The van der Waals surface area contributed by atoms with Crippen molar-refractivity contribution in [1.29, 1.82) is 0 Å². The van der Waals surface area contributed by atoms with Gasteiger partial charge in [0.05, 0.1) is 0 Å². The third-order valence-corrected chi connectivity index (χ3v) is 7.36. The van der Waals surface area contributed by atoms with Crippen molar-refractivity contribution in [2.75, 3.05) is 5.32 Å². The van der Waals surface area contributed by atoms with Crippen molar-refractivity contribution >= 4 is 23.5 Å². The first kappa shape index (κ1) is 32.3. The van der Waals surface area contributed by atoms with Crippen LogP contribution < -0.4 is 5.32 Å². The molecule has 0 bridgehead atoms. The highest BCUT2D eigenvalue weighted by atomic mass is 16.3. The Morgan fingerprint density at radius 3 is 1.62 bits per heavy atom. The van der Waals surface area contributed by atoms with E-state index >= 15 is 0 Å². The molecule has 0 radical (unpaired) electrons. The normalized spacial score (nSPS) is 11.5. The van der Waals surface area contributed by atoms with Crippen molar-refractivity contribution < 1.29 is 14.7 Å². The van der Waals surface area contributed by atoms with Gasteiger partial charge in [0.1, 0.15) is 5.75 Å². The number of Topliss-reactive ketones (excluding diaryl/α,β-unsaturated/α-hetero) is 1. The smallest absolute Gasteiger partial charge is 0.251 e. The second-order valence-electron chi connectivity index (χ2n) is 10.9. The van der Waals surface area contributed by atoms with Crippen molar-refractivity contribution in [2.45, 2.75) is 123 Å². The quantitative estimate of drug-likeness (QED) is 0.0952. The molecule has 0 atom stereocenters. The minimum absolute atomic E-state index is 0.168. The molecule has 2 N–H and O–H groups in total. The molecule has 0 aliphatic rings. The van der Waals surface area contributed by atoms with Crippen LogP contribution in [0.25, 0.3) is 6.08 Å². The summed E-state index contributed by atoms with van der Waals surface area (Å²) in [6, 6.07) is 13.9. The van der Waals surface area contributed by atoms with Crippen molar-refractivity contribution in [3.05, 3.63) is 65.2 Å². The molecule has 39 heavy (non-hydrogen) atoms. The van der Waals surface area contributed by atoms with Gasteiger partial charge in [0.25, 0.3) is 5.91 Å². The molecular weight excluding hydrogens is 482 g/mol. The van der Waals surface area contributed by atoms with Crippen LogP contribution in [0.1, 0.15) is 139 Å². The summed E-state index contributed by atoms with van der Waals surface area (Å²) in [5.41, 5.74) is 2.77. The lowest BCUT2D eigenvalue weighted by atomic mass is 10.0. The van der Waals surface area contributed by atoms with Gasteiger partial charge < -0.3 is 10.4 Å². The van der Waals surface area contributed by atoms with Crippen molar-refractivity contribution in [2.24, 2.45) is 0 Å². The number of phenolic OH excluding ortho intramolecular Hbond substituents is 1. The van der Waals surface area contributed by atoms with Crippen molar-refractivity contribution in [3.63, 3.8) is 0 Å². The van der Waals surface area contributed by atoms with Gasteiger partial charge in [-0.15, -0.1) is 0 Å². The van der Waals surface area contributed by atoms with Crippen molar-refractivity contribution in [1.82, 2.24) is 0 Å². The maximum atomic E-state index is 12.5. The number of benzene rings is 2. The molecular formula is C35H51NO3. The van der Waals surface area contributed by atoms with Crippen LogP contribution in [0.3, 0.4) is 0 Å². The molecule has 4 nitrogen and oxygen atoms in total. The lowest BCUT2D eigenvalue weighted by Crippen LogP contribution is -2.12. The number of hydrogen-bond acceptors (Lipinski definition) is 3. The van der Waals surface area contributed by atoms with E-state index in [-0.39, 0.29) is 17.4 Å². The molecule has 0 heterocycles. The molecule has 2 rings (SSSR count). The summed E-state index contributed by atoms with van der Waals surface area (Å²) in [5.74, 6) is 0.163. The van der Waals surface area contributed by atoms with Crippen LogP contribution in [0.15, 0.2) is 54.1 Å². The lowest BCUT2D eigenvalue weighted by molar-refractivity contribution is -0.112. The van der Waals surface area contributed by atoms with E-state index in [1.165, 1.54) is 89.9 Å². The third-order valence-electron chi connectivity index (χ3n) is 7.36. The third kappa shape index (κ3) is 14.7. The van der Waals surface area contributed by atoms with Crippen molar-refractivity contribution in [3.8, 4) is 5.75 Å². The van der Waals surface area contributed by atoms with Crippen LogP contribution in [-0.4, -0.2) is 16.8 Å². The second kappa shape index (κ2) is 20.1. The van der Waals surface area contributed by atoms with Crippen LogP contribution in [0.2, 0.25) is 0 Å². The van der Waals surface area contributed by atoms with Gasteiger partial charge >= 0.3 is 0 Å². The van der Waals surface area contributed by atoms with Crippen LogP contribution in [0.5, 0.6) is 5.75 Å². The Balaban J connectivity index is 1.51. The SMILES string of the molecule is CCCCCCCCCCCCCCCCCCC(=O)c1ccc(NC(=O)/C(C)=C/c2ccc(O)cc2)cc1. The zero-order valence-corrected chi connectivity index (χ0v) is 24.5. The molecule has 4 heteroatoms. The number of ketones is 1. The second-order valence-corrected chi connectivity index (χ2v) is 10.9. The molecule has 0 fully saturated rings. The van der Waals surface area contributed by atoms with Gasteiger partial charge in [-0.05, 0) is 61.4 Å². The number of carbonyl (C=O) groups excluding carboxylic acids is 2. The van der Waals surface area contributed by atoms with Gasteiger partial charge in [0.15, 0.2) is 5.78 Å². The van der Waals surface area contributed by atoms with E-state index in [4.69, 9.17) is 0 Å². The fourth-order valence-electron chi connectivity index (χ4n) is 4.83. The van der Waals surface area contributed by atoms with Crippen LogP contribution in [0.4, 0.5) is 5.69 Å². The van der Waals surface area contributed by atoms with Crippen LogP contribution >= 0.6 is 0 Å². The van der Waals surface area contributed by atoms with Crippen LogP contribution in [0, 0.1) is 0 Å². The first-order valence-corrected chi connectivity index (χ1v) is 15.4. The number of phenols is 1. The minimum Gasteiger partial charge on any atom is -0.508 e. The number of aromatic hydroxyl groups is 1. The predicted octanol–water partition coefficient (Wildman–Crippen LogP) is 10.3. The first-order chi connectivity index (χ1) is 19.0. The largest absolute Gasteiger partial charge is 0.508 e. The Labute approximate surface area is 237 Å². The highest BCUT2D eigenvalue weighted by Gasteiger charge is 2.08. The topological polar surface area (TPSA) is 66.4 Å². The maximum Gasteiger partial charge on any atom is 0.251 e. The fourth-order valence-corrected chi connectivity index (χ4v) is 4.83. The molecule has 0 aliphatic heterocycles. The number of hydrogen-bond donors (Lipinski definition) is 2. The lowest BCUT2D eigenvalue weighted by Gasteiger charge is -2.07. The average Bonchev–Trinajstić information content (AvgIpc) is 2.94. The summed E-state index contributed by atoms with van der Waals surface area (Å²) in [4.78, 5) is 25.0. The molecule has 214 valence electrons. The van der Waals surface area contributed by atoms with Gasteiger partial charge in [-0.2, -0.15) is 0 Å². The molecule has 0 unspecified atom stereocenters. The minimum atomic E-state index is -0.199. The highest BCUT2D eigenvalue weighted by molar-refractivity contribution is 6.06. The highest BCUT2D eigenvalue weighted by Crippen LogP contribution is 2.17. The molecule has 2 aromatic carbocycles. The number of rotatable bonds is 21. The van der Waals surface area contributed by atoms with E-state index in [1.807, 2.05) is 0 Å². The molecule has 0 aromatic heterocycles. The summed E-state index contributed by atoms with van der Waals surface area (Å²) in [7, 11) is 0. The van der Waals surface area contributed by atoms with Gasteiger partial charge in [-0.25, -0.2) is 0 Å².